The van der Waals surface area contributed by atoms with E-state index in [1.807, 2.05) is 11.8 Å². The molecule has 1 atom stereocenters. The van der Waals surface area contributed by atoms with Crippen molar-refractivity contribution in [3.63, 3.8) is 0 Å². The number of piperidine rings is 1. The van der Waals surface area contributed by atoms with Gasteiger partial charge in [-0.05, 0) is 39.5 Å². The van der Waals surface area contributed by atoms with Crippen LogP contribution in [0.15, 0.2) is 0 Å². The zero-order chi connectivity index (χ0) is 17.8. The molecule has 0 radical (unpaired) electrons. The van der Waals surface area contributed by atoms with Gasteiger partial charge >= 0.3 is 5.97 Å². The Morgan fingerprint density at radius 2 is 2.08 bits per heavy atom. The minimum Gasteiger partial charge on any atom is -0.462 e. The number of amides is 1. The number of hydrogen-bond acceptors (Lipinski definition) is 6. The summed E-state index contributed by atoms with van der Waals surface area (Å²) < 4.78 is 10.7. The second kappa shape index (κ2) is 8.27. The van der Waals surface area contributed by atoms with Crippen molar-refractivity contribution in [1.29, 1.82) is 0 Å². The maximum absolute atomic E-state index is 12.4. The van der Waals surface area contributed by atoms with E-state index in [1.165, 1.54) is 11.3 Å². The first kappa shape index (κ1) is 18.3. The van der Waals surface area contributed by atoms with Crippen LogP contribution >= 0.6 is 11.3 Å². The highest BCUT2D eigenvalue weighted by atomic mass is 32.1. The average molecular weight is 366 g/mol. The molecule has 6 nitrogen and oxygen atoms in total. The fraction of sp³-hybridized carbons (Fsp3) is 0.722. The van der Waals surface area contributed by atoms with E-state index in [2.05, 4.69) is 4.98 Å². The molecule has 0 bridgehead atoms. The standard InChI is InChI=1S/C18H26N2O4S/c1-3-23-18(22)16-12(2)19-17(25-16)13-6-8-20(9-7-13)15(21)11-14-5-4-10-24-14/h13-14H,3-11H2,1-2H3. The Balaban J connectivity index is 1.54. The normalized spacial score (nSPS) is 21.5. The molecule has 0 saturated carbocycles. The van der Waals surface area contributed by atoms with Gasteiger partial charge in [0.25, 0.3) is 0 Å². The van der Waals surface area contributed by atoms with Gasteiger partial charge in [0, 0.05) is 25.6 Å². The average Bonchev–Trinajstić information content (AvgIpc) is 3.25. The summed E-state index contributed by atoms with van der Waals surface area (Å²) in [6.45, 7) is 6.32. The Kier molecular flexibility index (Phi) is 6.06. The molecule has 2 fully saturated rings. The number of aryl methyl sites for hydroxylation is 1. The van der Waals surface area contributed by atoms with Crippen LogP contribution in [0.25, 0.3) is 0 Å². The van der Waals surface area contributed by atoms with Gasteiger partial charge in [0.1, 0.15) is 4.88 Å². The van der Waals surface area contributed by atoms with Crippen molar-refractivity contribution < 1.29 is 19.1 Å². The smallest absolute Gasteiger partial charge is 0.350 e. The predicted octanol–water partition coefficient (Wildman–Crippen LogP) is 2.90. The summed E-state index contributed by atoms with van der Waals surface area (Å²) in [5.41, 5.74) is 0.746. The largest absolute Gasteiger partial charge is 0.462 e. The van der Waals surface area contributed by atoms with Crippen LogP contribution in [0.5, 0.6) is 0 Å². The van der Waals surface area contributed by atoms with Crippen LogP contribution in [-0.4, -0.2) is 54.2 Å². The molecule has 0 aliphatic carbocycles. The molecule has 0 spiro atoms. The highest BCUT2D eigenvalue weighted by Crippen LogP contribution is 2.33. The molecule has 1 unspecified atom stereocenters. The van der Waals surface area contributed by atoms with Gasteiger partial charge in [-0.1, -0.05) is 0 Å². The zero-order valence-corrected chi connectivity index (χ0v) is 15.8. The van der Waals surface area contributed by atoms with E-state index < -0.39 is 0 Å². The SMILES string of the molecule is CCOC(=O)c1sc(C2CCN(C(=O)CC3CCCO3)CC2)nc1C. The highest BCUT2D eigenvalue weighted by Gasteiger charge is 2.29. The molecule has 25 heavy (non-hydrogen) atoms. The summed E-state index contributed by atoms with van der Waals surface area (Å²) in [5.74, 6) is 0.236. The van der Waals surface area contributed by atoms with Gasteiger partial charge in [-0.25, -0.2) is 9.78 Å². The minimum atomic E-state index is -0.284. The van der Waals surface area contributed by atoms with Crippen molar-refractivity contribution in [2.24, 2.45) is 0 Å². The fourth-order valence-electron chi connectivity index (χ4n) is 3.48. The molecule has 1 amide bonds. The Bertz CT molecular complexity index is 617. The van der Waals surface area contributed by atoms with Crippen molar-refractivity contribution in [2.75, 3.05) is 26.3 Å². The second-order valence-corrected chi connectivity index (χ2v) is 7.71. The number of rotatable bonds is 5. The van der Waals surface area contributed by atoms with Crippen LogP contribution in [0, 0.1) is 6.92 Å². The number of aromatic nitrogens is 1. The molecule has 1 aromatic rings. The van der Waals surface area contributed by atoms with Crippen LogP contribution in [-0.2, 0) is 14.3 Å². The van der Waals surface area contributed by atoms with Gasteiger partial charge < -0.3 is 14.4 Å². The number of likely N-dealkylation sites (tertiary alicyclic amines) is 1. The van der Waals surface area contributed by atoms with Crippen molar-refractivity contribution in [1.82, 2.24) is 9.88 Å². The van der Waals surface area contributed by atoms with Crippen LogP contribution < -0.4 is 0 Å². The predicted molar refractivity (Wildman–Crippen MR) is 95.0 cm³/mol. The van der Waals surface area contributed by atoms with E-state index in [4.69, 9.17) is 9.47 Å². The molecule has 3 heterocycles. The third kappa shape index (κ3) is 4.39. The summed E-state index contributed by atoms with van der Waals surface area (Å²) in [7, 11) is 0. The highest BCUT2D eigenvalue weighted by molar-refractivity contribution is 7.13. The van der Waals surface area contributed by atoms with Gasteiger partial charge in [-0.15, -0.1) is 11.3 Å². The van der Waals surface area contributed by atoms with E-state index in [1.54, 1.807) is 6.92 Å². The summed E-state index contributed by atoms with van der Waals surface area (Å²) in [4.78, 5) is 31.5. The Morgan fingerprint density at radius 1 is 1.32 bits per heavy atom. The molecule has 2 aliphatic heterocycles. The maximum Gasteiger partial charge on any atom is 0.350 e. The monoisotopic (exact) mass is 366 g/mol. The van der Waals surface area contributed by atoms with Gasteiger partial charge in [-0.2, -0.15) is 0 Å². The number of carbonyl (C=O) groups excluding carboxylic acids is 2. The van der Waals surface area contributed by atoms with Crippen molar-refractivity contribution >= 4 is 23.2 Å². The van der Waals surface area contributed by atoms with Gasteiger partial charge in [0.05, 0.1) is 29.8 Å². The van der Waals surface area contributed by atoms with Crippen molar-refractivity contribution in [2.45, 2.75) is 58.0 Å². The number of carbonyl (C=O) groups is 2. The first-order chi connectivity index (χ1) is 12.1. The molecular weight excluding hydrogens is 340 g/mol. The lowest BCUT2D eigenvalue weighted by Crippen LogP contribution is -2.39. The third-order valence-corrected chi connectivity index (χ3v) is 6.20. The molecule has 2 saturated heterocycles. The Labute approximate surface area is 152 Å². The summed E-state index contributed by atoms with van der Waals surface area (Å²) in [5, 5.41) is 0.992. The number of thiazole rings is 1. The van der Waals surface area contributed by atoms with E-state index in [-0.39, 0.29) is 18.0 Å². The fourth-order valence-corrected chi connectivity index (χ4v) is 4.61. The number of ether oxygens (including phenoxy) is 2. The van der Waals surface area contributed by atoms with Crippen LogP contribution in [0.1, 0.15) is 65.3 Å². The van der Waals surface area contributed by atoms with Crippen molar-refractivity contribution in [3.8, 4) is 0 Å². The van der Waals surface area contributed by atoms with Crippen LogP contribution in [0.4, 0.5) is 0 Å². The first-order valence-corrected chi connectivity index (χ1v) is 9.94. The van der Waals surface area contributed by atoms with Gasteiger partial charge in [-0.3, -0.25) is 4.79 Å². The van der Waals surface area contributed by atoms with Gasteiger partial charge in [0.2, 0.25) is 5.91 Å². The summed E-state index contributed by atoms with van der Waals surface area (Å²) in [6.07, 6.45) is 4.47. The molecule has 138 valence electrons. The van der Waals surface area contributed by atoms with Crippen LogP contribution in [0.2, 0.25) is 0 Å². The lowest BCUT2D eigenvalue weighted by Gasteiger charge is -2.31. The lowest BCUT2D eigenvalue weighted by atomic mass is 9.97. The van der Waals surface area contributed by atoms with Crippen molar-refractivity contribution in [3.05, 3.63) is 15.6 Å². The maximum atomic E-state index is 12.4. The summed E-state index contributed by atoms with van der Waals surface area (Å²) >= 11 is 1.44. The molecular formula is C18H26N2O4S. The molecule has 0 aromatic carbocycles. The number of hydrogen-bond donors (Lipinski definition) is 0. The Hall–Kier alpha value is -1.47. The second-order valence-electron chi connectivity index (χ2n) is 6.68. The minimum absolute atomic E-state index is 0.110. The quantitative estimate of drug-likeness (QED) is 0.750. The third-order valence-electron chi connectivity index (χ3n) is 4.90. The van der Waals surface area contributed by atoms with E-state index in [0.717, 1.165) is 56.1 Å². The Morgan fingerprint density at radius 3 is 2.72 bits per heavy atom. The molecule has 3 rings (SSSR count). The molecule has 7 heteroatoms. The summed E-state index contributed by atoms with van der Waals surface area (Å²) in [6, 6.07) is 0. The topological polar surface area (TPSA) is 68.7 Å². The van der Waals surface area contributed by atoms with E-state index in [0.29, 0.717) is 23.8 Å². The van der Waals surface area contributed by atoms with E-state index >= 15 is 0 Å². The zero-order valence-electron chi connectivity index (χ0n) is 15.0. The molecule has 2 aliphatic rings. The van der Waals surface area contributed by atoms with Gasteiger partial charge in [0.15, 0.2) is 0 Å². The molecule has 1 aromatic heterocycles. The van der Waals surface area contributed by atoms with Crippen LogP contribution in [0.3, 0.4) is 0 Å². The van der Waals surface area contributed by atoms with E-state index in [9.17, 15) is 9.59 Å². The number of nitrogens with zero attached hydrogens (tertiary/aromatic N) is 2. The first-order valence-electron chi connectivity index (χ1n) is 9.12. The molecule has 0 N–H and O–H groups in total. The number of esters is 1. The lowest BCUT2D eigenvalue weighted by molar-refractivity contribution is -0.134.